The number of hydrogen-bond acceptors (Lipinski definition) is 3. The van der Waals surface area contributed by atoms with Crippen LogP contribution in [0, 0.1) is 5.92 Å². The molecule has 0 aromatic heterocycles. The average Bonchev–Trinajstić information content (AvgIpc) is 2.40. The van der Waals surface area contributed by atoms with E-state index in [4.69, 9.17) is 4.74 Å². The molecule has 1 saturated heterocycles. The first-order valence-electron chi connectivity index (χ1n) is 6.71. The average molecular weight is 263 g/mol. The Labute approximate surface area is 114 Å². The monoisotopic (exact) mass is 263 g/mol. The van der Waals surface area contributed by atoms with Crippen LogP contribution in [0.3, 0.4) is 0 Å². The molecule has 4 nitrogen and oxygen atoms in total. The van der Waals surface area contributed by atoms with Crippen LogP contribution in [-0.4, -0.2) is 35.6 Å². The molecule has 1 fully saturated rings. The molecule has 0 bridgehead atoms. The zero-order chi connectivity index (χ0) is 14.0. The van der Waals surface area contributed by atoms with Gasteiger partial charge in [-0.3, -0.25) is 4.79 Å². The third-order valence-electron chi connectivity index (χ3n) is 3.81. The molecule has 2 atom stereocenters. The Kier molecular flexibility index (Phi) is 3.98. The largest absolute Gasteiger partial charge is 0.507 e. The number of likely N-dealkylation sites (tertiary alicyclic amines) is 1. The van der Waals surface area contributed by atoms with Gasteiger partial charge in [0.1, 0.15) is 11.5 Å². The summed E-state index contributed by atoms with van der Waals surface area (Å²) >= 11 is 0. The summed E-state index contributed by atoms with van der Waals surface area (Å²) in [7, 11) is 1.53. The van der Waals surface area contributed by atoms with E-state index in [1.807, 2.05) is 4.90 Å². The summed E-state index contributed by atoms with van der Waals surface area (Å²) in [5.41, 5.74) is 0.349. The molecule has 1 heterocycles. The maximum Gasteiger partial charge on any atom is 0.257 e. The summed E-state index contributed by atoms with van der Waals surface area (Å²) in [6, 6.07) is 5.03. The van der Waals surface area contributed by atoms with Crippen molar-refractivity contribution >= 4 is 5.91 Å². The molecule has 1 aromatic carbocycles. The summed E-state index contributed by atoms with van der Waals surface area (Å²) in [4.78, 5) is 14.4. The quantitative estimate of drug-likeness (QED) is 0.892. The van der Waals surface area contributed by atoms with Crippen LogP contribution in [0.1, 0.15) is 37.0 Å². The van der Waals surface area contributed by atoms with E-state index in [-0.39, 0.29) is 17.7 Å². The Hall–Kier alpha value is -1.71. The molecular formula is C15H21NO3. The number of hydrogen-bond donors (Lipinski definition) is 1. The van der Waals surface area contributed by atoms with Crippen molar-refractivity contribution in [1.82, 2.24) is 4.90 Å². The summed E-state index contributed by atoms with van der Waals surface area (Å²) < 4.78 is 5.03. The lowest BCUT2D eigenvalue weighted by Gasteiger charge is -2.37. The van der Waals surface area contributed by atoms with Crippen LogP contribution >= 0.6 is 0 Å². The minimum absolute atomic E-state index is 0.0187. The molecule has 0 aliphatic carbocycles. The number of ether oxygens (including phenoxy) is 1. The predicted molar refractivity (Wildman–Crippen MR) is 73.6 cm³/mol. The Bertz CT molecular complexity index is 472. The van der Waals surface area contributed by atoms with Crippen molar-refractivity contribution in [2.75, 3.05) is 13.7 Å². The van der Waals surface area contributed by atoms with E-state index in [9.17, 15) is 9.90 Å². The van der Waals surface area contributed by atoms with Gasteiger partial charge in [-0.15, -0.1) is 0 Å². The van der Waals surface area contributed by atoms with E-state index >= 15 is 0 Å². The Morgan fingerprint density at radius 3 is 2.74 bits per heavy atom. The fourth-order valence-corrected chi connectivity index (χ4v) is 2.55. The molecule has 19 heavy (non-hydrogen) atoms. The van der Waals surface area contributed by atoms with E-state index in [0.717, 1.165) is 19.4 Å². The van der Waals surface area contributed by atoms with E-state index in [0.29, 0.717) is 17.2 Å². The number of carbonyl (C=O) groups excluding carboxylic acids is 1. The Morgan fingerprint density at radius 1 is 1.37 bits per heavy atom. The number of amides is 1. The van der Waals surface area contributed by atoms with Gasteiger partial charge in [0.15, 0.2) is 0 Å². The number of nitrogens with zero attached hydrogens (tertiary/aromatic N) is 1. The Morgan fingerprint density at radius 2 is 2.11 bits per heavy atom. The molecule has 0 saturated carbocycles. The maximum atomic E-state index is 12.5. The lowest BCUT2D eigenvalue weighted by atomic mass is 9.94. The molecule has 0 spiro atoms. The lowest BCUT2D eigenvalue weighted by Crippen LogP contribution is -2.44. The summed E-state index contributed by atoms with van der Waals surface area (Å²) in [6.45, 7) is 4.97. The number of carbonyl (C=O) groups is 1. The Balaban J connectivity index is 2.23. The van der Waals surface area contributed by atoms with Crippen LogP contribution in [0.5, 0.6) is 11.5 Å². The van der Waals surface area contributed by atoms with Crippen LogP contribution in [-0.2, 0) is 0 Å². The number of aromatic hydroxyl groups is 1. The van der Waals surface area contributed by atoms with Gasteiger partial charge in [-0.1, -0.05) is 6.92 Å². The highest BCUT2D eigenvalue weighted by atomic mass is 16.5. The van der Waals surface area contributed by atoms with Crippen molar-refractivity contribution in [2.24, 2.45) is 5.92 Å². The summed E-state index contributed by atoms with van der Waals surface area (Å²) in [6.07, 6.45) is 2.17. The molecule has 1 aliphatic heterocycles. The zero-order valence-electron chi connectivity index (χ0n) is 11.7. The molecule has 1 aromatic rings. The van der Waals surface area contributed by atoms with E-state index in [2.05, 4.69) is 13.8 Å². The van der Waals surface area contributed by atoms with Gasteiger partial charge in [-0.25, -0.2) is 0 Å². The molecule has 4 heteroatoms. The van der Waals surface area contributed by atoms with E-state index in [1.165, 1.54) is 13.2 Å². The topological polar surface area (TPSA) is 49.8 Å². The minimum atomic E-state index is -0.0980. The highest BCUT2D eigenvalue weighted by Gasteiger charge is 2.28. The number of piperidine rings is 1. The fraction of sp³-hybridized carbons (Fsp3) is 0.533. The van der Waals surface area contributed by atoms with Crippen LogP contribution in [0.4, 0.5) is 0 Å². The second kappa shape index (κ2) is 5.51. The normalized spacial score (nSPS) is 23.2. The number of methoxy groups -OCH3 is 1. The zero-order valence-corrected chi connectivity index (χ0v) is 11.7. The summed E-state index contributed by atoms with van der Waals surface area (Å²) in [5, 5.41) is 9.95. The fourth-order valence-electron chi connectivity index (χ4n) is 2.55. The van der Waals surface area contributed by atoms with E-state index < -0.39 is 0 Å². The first-order valence-corrected chi connectivity index (χ1v) is 6.71. The molecule has 104 valence electrons. The molecular weight excluding hydrogens is 242 g/mol. The standard InChI is InChI=1S/C15H21NO3/c1-10-4-5-11(2)16(9-10)15(18)13-7-6-12(19-3)8-14(13)17/h6-8,10-11,17H,4-5,9H2,1-3H3. The van der Waals surface area contributed by atoms with Crippen LogP contribution in [0.2, 0.25) is 0 Å². The van der Waals surface area contributed by atoms with Gasteiger partial charge in [0.05, 0.1) is 12.7 Å². The third kappa shape index (κ3) is 2.83. The predicted octanol–water partition coefficient (Wildman–Crippen LogP) is 2.66. The molecule has 2 rings (SSSR count). The van der Waals surface area contributed by atoms with Gasteiger partial charge in [0, 0.05) is 18.7 Å². The number of phenolic OH excluding ortho intramolecular Hbond substituents is 1. The van der Waals surface area contributed by atoms with Crippen molar-refractivity contribution in [1.29, 1.82) is 0 Å². The van der Waals surface area contributed by atoms with Crippen molar-refractivity contribution < 1.29 is 14.6 Å². The molecule has 0 radical (unpaired) electrons. The third-order valence-corrected chi connectivity index (χ3v) is 3.81. The van der Waals surface area contributed by atoms with Gasteiger partial charge in [-0.2, -0.15) is 0 Å². The van der Waals surface area contributed by atoms with Gasteiger partial charge >= 0.3 is 0 Å². The van der Waals surface area contributed by atoms with Gasteiger partial charge < -0.3 is 14.7 Å². The van der Waals surface area contributed by atoms with Crippen molar-refractivity contribution in [3.63, 3.8) is 0 Å². The van der Waals surface area contributed by atoms with Crippen molar-refractivity contribution in [3.8, 4) is 11.5 Å². The molecule has 2 unspecified atom stereocenters. The highest BCUT2D eigenvalue weighted by Crippen LogP contribution is 2.28. The van der Waals surface area contributed by atoms with Crippen LogP contribution in [0.25, 0.3) is 0 Å². The van der Waals surface area contributed by atoms with Gasteiger partial charge in [0.25, 0.3) is 5.91 Å². The minimum Gasteiger partial charge on any atom is -0.507 e. The maximum absolute atomic E-state index is 12.5. The van der Waals surface area contributed by atoms with Crippen molar-refractivity contribution in [3.05, 3.63) is 23.8 Å². The number of rotatable bonds is 2. The second-order valence-electron chi connectivity index (χ2n) is 5.37. The SMILES string of the molecule is COc1ccc(C(=O)N2CC(C)CCC2C)c(O)c1. The van der Waals surface area contributed by atoms with Crippen LogP contribution in [0.15, 0.2) is 18.2 Å². The molecule has 1 amide bonds. The number of benzene rings is 1. The van der Waals surface area contributed by atoms with Gasteiger partial charge in [0.2, 0.25) is 0 Å². The number of phenols is 1. The van der Waals surface area contributed by atoms with Crippen LogP contribution < -0.4 is 4.74 Å². The molecule has 1 aliphatic rings. The lowest BCUT2D eigenvalue weighted by molar-refractivity contribution is 0.0571. The highest BCUT2D eigenvalue weighted by molar-refractivity contribution is 5.97. The summed E-state index contributed by atoms with van der Waals surface area (Å²) in [5.74, 6) is 0.948. The second-order valence-corrected chi connectivity index (χ2v) is 5.37. The molecule has 1 N–H and O–H groups in total. The smallest absolute Gasteiger partial charge is 0.257 e. The van der Waals surface area contributed by atoms with Gasteiger partial charge in [-0.05, 0) is 37.8 Å². The van der Waals surface area contributed by atoms with Crippen molar-refractivity contribution in [2.45, 2.75) is 32.7 Å². The first-order chi connectivity index (χ1) is 9.02. The first kappa shape index (κ1) is 13.7. The van der Waals surface area contributed by atoms with E-state index in [1.54, 1.807) is 12.1 Å².